The number of fused-ring (bicyclic) bond motifs is 1. The van der Waals surface area contributed by atoms with E-state index in [9.17, 15) is 18.3 Å². The van der Waals surface area contributed by atoms with E-state index >= 15 is 0 Å². The molecule has 1 amide bonds. The summed E-state index contributed by atoms with van der Waals surface area (Å²) in [5.41, 5.74) is 2.62. The number of ether oxygens (including phenoxy) is 2. The molecule has 1 aliphatic heterocycles. The number of thiophene rings is 1. The normalized spacial score (nSPS) is 14.3. The van der Waals surface area contributed by atoms with Gasteiger partial charge in [0.15, 0.2) is 11.5 Å². The Hall–Kier alpha value is -2.59. The third-order valence-corrected chi connectivity index (χ3v) is 7.55. The number of hydrogen-bond acceptors (Lipinski definition) is 7. The number of carbonyl (C=O) groups is 1. The molecular formula is C23H22ClNO6S2. The highest BCUT2D eigenvalue weighted by atomic mass is 35.5. The van der Waals surface area contributed by atoms with Crippen molar-refractivity contribution in [3.05, 3.63) is 64.0 Å². The number of amides is 1. The van der Waals surface area contributed by atoms with E-state index in [1.165, 1.54) is 18.4 Å². The molecule has 0 fully saturated rings. The molecule has 2 aromatic carbocycles. The van der Waals surface area contributed by atoms with Gasteiger partial charge in [-0.25, -0.2) is 8.42 Å². The summed E-state index contributed by atoms with van der Waals surface area (Å²) in [6, 6.07) is 14.6. The number of aliphatic hydroxyl groups excluding tert-OH is 1. The van der Waals surface area contributed by atoms with Gasteiger partial charge in [0.2, 0.25) is 0 Å². The summed E-state index contributed by atoms with van der Waals surface area (Å²) in [5.74, 6) is 0.245. The summed E-state index contributed by atoms with van der Waals surface area (Å²) < 4.78 is 33.5. The predicted octanol–water partition coefficient (Wildman–Crippen LogP) is 4.02. The van der Waals surface area contributed by atoms with E-state index in [2.05, 4.69) is 0 Å². The lowest BCUT2D eigenvalue weighted by Gasteiger charge is -2.19. The van der Waals surface area contributed by atoms with Crippen LogP contribution in [0.3, 0.4) is 0 Å². The lowest BCUT2D eigenvalue weighted by molar-refractivity contribution is 0.1000. The highest BCUT2D eigenvalue weighted by molar-refractivity contribution is 7.90. The Morgan fingerprint density at radius 3 is 2.52 bits per heavy atom. The van der Waals surface area contributed by atoms with E-state index in [-0.39, 0.29) is 12.5 Å². The molecular weight excluding hydrogens is 486 g/mol. The summed E-state index contributed by atoms with van der Waals surface area (Å²) in [4.78, 5) is 16.5. The van der Waals surface area contributed by atoms with Gasteiger partial charge >= 0.3 is 0 Å². The number of anilines is 1. The molecule has 3 aromatic rings. The lowest BCUT2D eigenvalue weighted by Crippen LogP contribution is -2.26. The van der Waals surface area contributed by atoms with Crippen LogP contribution in [0.5, 0.6) is 11.5 Å². The first-order valence-corrected chi connectivity index (χ1v) is 13.3. The van der Waals surface area contributed by atoms with Crippen LogP contribution in [0, 0.1) is 0 Å². The van der Waals surface area contributed by atoms with Crippen molar-refractivity contribution in [3.8, 4) is 21.9 Å². The highest BCUT2D eigenvalue weighted by Gasteiger charge is 2.32. The Morgan fingerprint density at radius 2 is 1.88 bits per heavy atom. The summed E-state index contributed by atoms with van der Waals surface area (Å²) in [7, 11) is -1.85. The number of benzene rings is 2. The number of rotatable bonds is 8. The average Bonchev–Trinajstić information content (AvgIpc) is 3.31. The van der Waals surface area contributed by atoms with Crippen LogP contribution in [0.15, 0.2) is 48.5 Å². The second-order valence-corrected chi connectivity index (χ2v) is 11.4. The summed E-state index contributed by atoms with van der Waals surface area (Å²) >= 11 is 7.42. The Labute approximate surface area is 201 Å². The number of nitrogens with zero attached hydrogens (tertiary/aromatic N) is 1. The highest BCUT2D eigenvalue weighted by Crippen LogP contribution is 2.40. The monoisotopic (exact) mass is 507 g/mol. The summed E-state index contributed by atoms with van der Waals surface area (Å²) in [5, 5.41) is 10.5. The molecule has 2 heterocycles. The Morgan fingerprint density at radius 1 is 1.15 bits per heavy atom. The van der Waals surface area contributed by atoms with E-state index in [4.69, 9.17) is 21.1 Å². The van der Waals surface area contributed by atoms with Crippen molar-refractivity contribution in [3.63, 3.8) is 0 Å². The molecule has 7 nitrogen and oxygen atoms in total. The number of aliphatic hydroxyl groups is 1. The Balaban J connectivity index is 1.49. The maximum absolute atomic E-state index is 13.1. The number of halogens is 1. The minimum absolute atomic E-state index is 0.0884. The van der Waals surface area contributed by atoms with Crippen LogP contribution in [0.2, 0.25) is 5.02 Å². The molecule has 0 bridgehead atoms. The molecule has 0 saturated heterocycles. The maximum Gasteiger partial charge on any atom is 0.269 e. The summed E-state index contributed by atoms with van der Waals surface area (Å²) in [6.07, 6.45) is -0.106. The van der Waals surface area contributed by atoms with Crippen LogP contribution >= 0.6 is 22.9 Å². The summed E-state index contributed by atoms with van der Waals surface area (Å²) in [6.45, 7) is 0.241. The van der Waals surface area contributed by atoms with E-state index in [0.29, 0.717) is 33.6 Å². The van der Waals surface area contributed by atoms with Gasteiger partial charge in [-0.3, -0.25) is 4.79 Å². The Kier molecular flexibility index (Phi) is 6.67. The molecule has 174 valence electrons. The molecule has 0 unspecified atom stereocenters. The van der Waals surface area contributed by atoms with Crippen molar-refractivity contribution in [1.29, 1.82) is 0 Å². The number of carbonyl (C=O) groups excluding carboxylic acids is 1. The molecule has 10 heteroatoms. The molecule has 1 aliphatic rings. The molecule has 0 radical (unpaired) electrons. The average molecular weight is 508 g/mol. The number of methoxy groups -OCH3 is 1. The first-order chi connectivity index (χ1) is 15.6. The van der Waals surface area contributed by atoms with Gasteiger partial charge in [-0.05, 0) is 41.5 Å². The molecule has 1 atom stereocenters. The van der Waals surface area contributed by atoms with Gasteiger partial charge in [0.1, 0.15) is 22.5 Å². The van der Waals surface area contributed by atoms with Crippen LogP contribution in [-0.2, 0) is 16.4 Å². The van der Waals surface area contributed by atoms with E-state index < -0.39 is 21.7 Å². The van der Waals surface area contributed by atoms with Crippen LogP contribution < -0.4 is 14.4 Å². The predicted molar refractivity (Wildman–Crippen MR) is 129 cm³/mol. The van der Waals surface area contributed by atoms with Crippen LogP contribution in [-0.4, -0.2) is 51.3 Å². The third kappa shape index (κ3) is 5.33. The second-order valence-electron chi connectivity index (χ2n) is 7.76. The van der Waals surface area contributed by atoms with Crippen molar-refractivity contribution < 1.29 is 27.8 Å². The fraction of sp³-hybridized carbons (Fsp3) is 0.261. The quantitative estimate of drug-likeness (QED) is 0.495. The largest absolute Gasteiger partial charge is 0.493 e. The van der Waals surface area contributed by atoms with Crippen LogP contribution in [0.25, 0.3) is 10.4 Å². The number of hydrogen-bond donors (Lipinski definition) is 1. The van der Waals surface area contributed by atoms with Gasteiger partial charge in [-0.1, -0.05) is 23.7 Å². The van der Waals surface area contributed by atoms with Crippen molar-refractivity contribution >= 4 is 44.4 Å². The van der Waals surface area contributed by atoms with Crippen molar-refractivity contribution in [2.45, 2.75) is 12.6 Å². The molecule has 0 spiro atoms. The van der Waals surface area contributed by atoms with Gasteiger partial charge < -0.3 is 19.5 Å². The molecule has 0 saturated carbocycles. The first kappa shape index (κ1) is 23.6. The van der Waals surface area contributed by atoms with Crippen molar-refractivity contribution in [2.24, 2.45) is 0 Å². The van der Waals surface area contributed by atoms with Crippen LogP contribution in [0.1, 0.15) is 15.2 Å². The first-order valence-electron chi connectivity index (χ1n) is 10.0. The fourth-order valence-electron chi connectivity index (χ4n) is 3.58. The smallest absolute Gasteiger partial charge is 0.269 e. The molecule has 1 N–H and O–H groups in total. The molecule has 1 aromatic heterocycles. The minimum atomic E-state index is -3.32. The van der Waals surface area contributed by atoms with E-state index in [0.717, 1.165) is 22.3 Å². The second kappa shape index (κ2) is 9.34. The topological polar surface area (TPSA) is 93.1 Å². The van der Waals surface area contributed by atoms with Gasteiger partial charge in [-0.2, -0.15) is 0 Å². The lowest BCUT2D eigenvalue weighted by atomic mass is 10.1. The molecule has 4 rings (SSSR count). The fourth-order valence-corrected chi connectivity index (χ4v) is 5.63. The van der Waals surface area contributed by atoms with E-state index in [1.807, 2.05) is 30.3 Å². The maximum atomic E-state index is 13.1. The van der Waals surface area contributed by atoms with Gasteiger partial charge in [0.05, 0.1) is 24.3 Å². The Bertz CT molecular complexity index is 1290. The van der Waals surface area contributed by atoms with Gasteiger partial charge in [-0.15, -0.1) is 11.3 Å². The SMILES string of the molecule is COc1cc(N2Cc3cc(-c4ccc(Cl)cc4)sc3C2=O)ccc1OC[C@H](O)CS(C)(=O)=O. The van der Waals surface area contributed by atoms with E-state index in [1.54, 1.807) is 23.1 Å². The zero-order valence-electron chi connectivity index (χ0n) is 17.9. The molecule has 33 heavy (non-hydrogen) atoms. The van der Waals surface area contributed by atoms with Gasteiger partial charge in [0, 0.05) is 27.9 Å². The van der Waals surface area contributed by atoms with Crippen molar-refractivity contribution in [2.75, 3.05) is 30.6 Å². The van der Waals surface area contributed by atoms with Gasteiger partial charge in [0.25, 0.3) is 5.91 Å². The third-order valence-electron chi connectivity index (χ3n) is 5.09. The molecule has 0 aliphatic carbocycles. The zero-order valence-corrected chi connectivity index (χ0v) is 20.3. The number of sulfone groups is 1. The van der Waals surface area contributed by atoms with Crippen LogP contribution in [0.4, 0.5) is 5.69 Å². The minimum Gasteiger partial charge on any atom is -0.493 e. The standard InChI is InChI=1S/C23H22ClNO6S2/c1-30-20-10-17(7-8-19(20)31-12-18(26)13-33(2,28)29)25-11-15-9-21(32-22(15)23(25)27)14-3-5-16(24)6-4-14/h3-10,18,26H,11-13H2,1-2H3/t18-/m0/s1. The van der Waals surface area contributed by atoms with Crippen molar-refractivity contribution in [1.82, 2.24) is 0 Å². The zero-order chi connectivity index (χ0) is 23.8.